The molecule has 4 heteroatoms. The maximum atomic E-state index is 10.9. The summed E-state index contributed by atoms with van der Waals surface area (Å²) < 4.78 is 4.71. The summed E-state index contributed by atoms with van der Waals surface area (Å²) in [6, 6.07) is 0. The number of rotatable bonds is 2. The smallest absolute Gasteiger partial charge is 0.341 e. The van der Waals surface area contributed by atoms with Crippen LogP contribution in [-0.2, 0) is 4.74 Å². The van der Waals surface area contributed by atoms with Crippen molar-refractivity contribution < 1.29 is 9.53 Å². The van der Waals surface area contributed by atoms with Crippen LogP contribution in [0.15, 0.2) is 18.7 Å². The van der Waals surface area contributed by atoms with Crippen LogP contribution in [0.1, 0.15) is 17.3 Å². The first-order chi connectivity index (χ1) is 5.34. The van der Waals surface area contributed by atoms with Crippen LogP contribution in [0.5, 0.6) is 0 Å². The van der Waals surface area contributed by atoms with Crippen LogP contribution in [0.4, 0.5) is 0 Å². The number of hydrogen-bond acceptors (Lipinski definition) is 4. The lowest BCUT2D eigenvalue weighted by Crippen LogP contribution is -2.04. The van der Waals surface area contributed by atoms with Gasteiger partial charge in [-0.1, -0.05) is 0 Å². The van der Waals surface area contributed by atoms with Gasteiger partial charge >= 0.3 is 5.97 Å². The van der Waals surface area contributed by atoms with Gasteiger partial charge in [0.05, 0.1) is 12.2 Å². The van der Waals surface area contributed by atoms with E-state index in [1.807, 2.05) is 0 Å². The number of carbonyl (C=O) groups is 1. The molecule has 0 bridgehead atoms. The van der Waals surface area contributed by atoms with Gasteiger partial charge in [-0.25, -0.2) is 14.8 Å². The first-order valence-corrected chi connectivity index (χ1v) is 3.26. The first kappa shape index (κ1) is 7.65. The van der Waals surface area contributed by atoms with Crippen molar-refractivity contribution in [3.05, 3.63) is 24.3 Å². The molecular weight excluding hydrogens is 144 g/mol. The van der Waals surface area contributed by atoms with Gasteiger partial charge in [0, 0.05) is 12.4 Å². The van der Waals surface area contributed by atoms with Crippen LogP contribution in [0.25, 0.3) is 0 Å². The normalized spacial score (nSPS) is 9.18. The van der Waals surface area contributed by atoms with Crippen LogP contribution >= 0.6 is 0 Å². The predicted octanol–water partition coefficient (Wildman–Crippen LogP) is 0.653. The molecule has 0 aromatic carbocycles. The van der Waals surface area contributed by atoms with Crippen molar-refractivity contribution in [1.29, 1.82) is 0 Å². The first-order valence-electron chi connectivity index (χ1n) is 3.26. The largest absolute Gasteiger partial charge is 0.462 e. The van der Waals surface area contributed by atoms with E-state index in [0.717, 1.165) is 0 Å². The summed E-state index contributed by atoms with van der Waals surface area (Å²) in [5, 5.41) is 0. The van der Waals surface area contributed by atoms with Gasteiger partial charge in [-0.2, -0.15) is 0 Å². The summed E-state index contributed by atoms with van der Waals surface area (Å²) in [4.78, 5) is 18.3. The molecule has 0 spiro atoms. The minimum absolute atomic E-state index is 0.369. The van der Waals surface area contributed by atoms with E-state index >= 15 is 0 Å². The van der Waals surface area contributed by atoms with Crippen molar-refractivity contribution in [1.82, 2.24) is 9.97 Å². The Morgan fingerprint density at radius 1 is 1.55 bits per heavy atom. The zero-order chi connectivity index (χ0) is 8.10. The number of hydrogen-bond donors (Lipinski definition) is 0. The second kappa shape index (κ2) is 3.65. The monoisotopic (exact) mass is 152 g/mol. The number of ether oxygens (including phenoxy) is 1. The molecule has 1 aromatic heterocycles. The maximum Gasteiger partial charge on any atom is 0.341 e. The molecule has 1 rings (SSSR count). The Hall–Kier alpha value is -1.45. The second-order valence-corrected chi connectivity index (χ2v) is 1.85. The highest BCUT2D eigenvalue weighted by Gasteiger charge is 2.04. The molecule has 0 aliphatic heterocycles. The standard InChI is InChI=1S/C7H8N2O2/c1-2-11-7(10)6-3-8-5-9-4-6/h3-5H,2H2,1H3. The molecule has 58 valence electrons. The molecule has 0 amide bonds. The molecule has 0 unspecified atom stereocenters. The van der Waals surface area contributed by atoms with Crippen molar-refractivity contribution >= 4 is 5.97 Å². The molecule has 0 fully saturated rings. The molecule has 0 N–H and O–H groups in total. The maximum absolute atomic E-state index is 10.9. The predicted molar refractivity (Wildman–Crippen MR) is 38.0 cm³/mol. The van der Waals surface area contributed by atoms with Gasteiger partial charge in [0.2, 0.25) is 0 Å². The third kappa shape index (κ3) is 2.00. The Kier molecular flexibility index (Phi) is 2.54. The summed E-state index contributed by atoms with van der Waals surface area (Å²) >= 11 is 0. The lowest BCUT2D eigenvalue weighted by molar-refractivity contribution is 0.0525. The van der Waals surface area contributed by atoms with Gasteiger partial charge in [-0.15, -0.1) is 0 Å². The van der Waals surface area contributed by atoms with E-state index < -0.39 is 0 Å². The third-order valence-corrected chi connectivity index (χ3v) is 1.07. The van der Waals surface area contributed by atoms with E-state index in [2.05, 4.69) is 9.97 Å². The van der Waals surface area contributed by atoms with Crippen LogP contribution in [-0.4, -0.2) is 22.5 Å². The topological polar surface area (TPSA) is 52.1 Å². The van der Waals surface area contributed by atoms with E-state index in [1.54, 1.807) is 6.92 Å². The summed E-state index contributed by atoms with van der Waals surface area (Å²) in [6.07, 6.45) is 4.21. The molecule has 1 heterocycles. The molecule has 0 atom stereocenters. The Morgan fingerprint density at radius 3 is 2.73 bits per heavy atom. The highest BCUT2D eigenvalue weighted by molar-refractivity contribution is 5.88. The van der Waals surface area contributed by atoms with Gasteiger partial charge in [-0.3, -0.25) is 0 Å². The average molecular weight is 152 g/mol. The van der Waals surface area contributed by atoms with Gasteiger partial charge < -0.3 is 4.74 Å². The van der Waals surface area contributed by atoms with Crippen molar-refractivity contribution in [3.8, 4) is 0 Å². The number of aromatic nitrogens is 2. The lowest BCUT2D eigenvalue weighted by atomic mass is 10.3. The lowest BCUT2D eigenvalue weighted by Gasteiger charge is -1.98. The molecule has 1 aromatic rings. The molecule has 11 heavy (non-hydrogen) atoms. The number of esters is 1. The molecule has 0 aliphatic rings. The fourth-order valence-corrected chi connectivity index (χ4v) is 0.619. The van der Waals surface area contributed by atoms with Crippen LogP contribution in [0.3, 0.4) is 0 Å². The number of carbonyl (C=O) groups excluding carboxylic acids is 1. The fraction of sp³-hybridized carbons (Fsp3) is 0.286. The average Bonchev–Trinajstić information content (AvgIpc) is 2.07. The van der Waals surface area contributed by atoms with E-state index in [1.165, 1.54) is 18.7 Å². The van der Waals surface area contributed by atoms with E-state index in [9.17, 15) is 4.79 Å². The SMILES string of the molecule is CCOC(=O)c1cncnc1. The minimum atomic E-state index is -0.381. The molecule has 0 saturated heterocycles. The molecule has 0 saturated carbocycles. The molecular formula is C7H8N2O2. The van der Waals surface area contributed by atoms with E-state index in [0.29, 0.717) is 12.2 Å². The van der Waals surface area contributed by atoms with Crippen LogP contribution in [0.2, 0.25) is 0 Å². The summed E-state index contributed by atoms with van der Waals surface area (Å²) in [5.74, 6) is -0.381. The Balaban J connectivity index is 2.69. The van der Waals surface area contributed by atoms with Gasteiger partial charge in [0.25, 0.3) is 0 Å². The molecule has 0 radical (unpaired) electrons. The van der Waals surface area contributed by atoms with E-state index in [4.69, 9.17) is 4.74 Å². The summed E-state index contributed by atoms with van der Waals surface area (Å²) in [6.45, 7) is 2.12. The van der Waals surface area contributed by atoms with Gasteiger partial charge in [0.15, 0.2) is 0 Å². The van der Waals surface area contributed by atoms with Crippen molar-refractivity contribution in [3.63, 3.8) is 0 Å². The zero-order valence-corrected chi connectivity index (χ0v) is 6.15. The van der Waals surface area contributed by atoms with Crippen molar-refractivity contribution in [2.24, 2.45) is 0 Å². The van der Waals surface area contributed by atoms with Gasteiger partial charge in [-0.05, 0) is 6.92 Å². The Bertz CT molecular complexity index is 235. The number of nitrogens with zero attached hydrogens (tertiary/aromatic N) is 2. The van der Waals surface area contributed by atoms with Crippen LogP contribution in [0, 0.1) is 0 Å². The molecule has 4 nitrogen and oxygen atoms in total. The summed E-state index contributed by atoms with van der Waals surface area (Å²) in [7, 11) is 0. The fourth-order valence-electron chi connectivity index (χ4n) is 0.619. The Labute approximate surface area is 64.2 Å². The summed E-state index contributed by atoms with van der Waals surface area (Å²) in [5.41, 5.74) is 0.384. The highest BCUT2D eigenvalue weighted by Crippen LogP contribution is 1.95. The quantitative estimate of drug-likeness (QED) is 0.584. The van der Waals surface area contributed by atoms with Crippen LogP contribution < -0.4 is 0 Å². The molecule has 0 aliphatic carbocycles. The third-order valence-electron chi connectivity index (χ3n) is 1.07. The Morgan fingerprint density at radius 2 is 2.18 bits per heavy atom. The highest BCUT2D eigenvalue weighted by atomic mass is 16.5. The van der Waals surface area contributed by atoms with Crippen molar-refractivity contribution in [2.75, 3.05) is 6.61 Å². The van der Waals surface area contributed by atoms with Gasteiger partial charge in [0.1, 0.15) is 6.33 Å². The second-order valence-electron chi connectivity index (χ2n) is 1.85. The zero-order valence-electron chi connectivity index (χ0n) is 6.15. The minimum Gasteiger partial charge on any atom is -0.462 e. The van der Waals surface area contributed by atoms with E-state index in [-0.39, 0.29) is 5.97 Å². The van der Waals surface area contributed by atoms with Crippen molar-refractivity contribution in [2.45, 2.75) is 6.92 Å².